The zero-order valence-corrected chi connectivity index (χ0v) is 16.2. The maximum atomic E-state index is 13.2. The molecule has 2 radical (unpaired) electrons. The van der Waals surface area contributed by atoms with Crippen molar-refractivity contribution in [3.05, 3.63) is 39.4 Å². The number of anilines is 2. The summed E-state index contributed by atoms with van der Waals surface area (Å²) in [6.45, 7) is 4.80. The third-order valence-electron chi connectivity index (χ3n) is 5.00. The van der Waals surface area contributed by atoms with Crippen LogP contribution in [0.2, 0.25) is 5.15 Å². The molecule has 0 spiro atoms. The summed E-state index contributed by atoms with van der Waals surface area (Å²) in [4.78, 5) is 19.4. The number of hydrogen-bond donors (Lipinski definition) is 0. The van der Waals surface area contributed by atoms with Crippen LogP contribution in [0.1, 0.15) is 44.7 Å². The van der Waals surface area contributed by atoms with Gasteiger partial charge in [0.05, 0.1) is 7.11 Å². The summed E-state index contributed by atoms with van der Waals surface area (Å²) in [5.74, 6) is 1.05. The Kier molecular flexibility index (Phi) is 5.61. The van der Waals surface area contributed by atoms with Gasteiger partial charge >= 0.3 is 0 Å². The van der Waals surface area contributed by atoms with E-state index in [4.69, 9.17) is 24.2 Å². The quantitative estimate of drug-likeness (QED) is 0.758. The second-order valence-corrected chi connectivity index (χ2v) is 6.94. The molecule has 5 nitrogen and oxygen atoms in total. The molecule has 0 atom stereocenters. The molecule has 0 saturated carbocycles. The van der Waals surface area contributed by atoms with E-state index in [9.17, 15) is 4.79 Å². The first-order valence-corrected chi connectivity index (χ1v) is 9.40. The number of aromatic nitrogens is 2. The molecule has 1 aliphatic rings. The largest absolute Gasteiger partial charge is 0.497 e. The lowest BCUT2D eigenvalue weighted by atomic mass is 9.87. The number of ether oxygens (including phenoxy) is 1. The molecular weight excluding hydrogens is 348 g/mol. The number of hydrogen-bond acceptors (Lipinski definition) is 4. The van der Waals surface area contributed by atoms with Gasteiger partial charge in [-0.2, -0.15) is 0 Å². The van der Waals surface area contributed by atoms with Crippen molar-refractivity contribution in [2.75, 3.05) is 18.6 Å². The van der Waals surface area contributed by atoms with E-state index in [0.717, 1.165) is 42.7 Å². The molecule has 2 aromatic rings. The van der Waals surface area contributed by atoms with E-state index in [2.05, 4.69) is 18.8 Å². The molecule has 1 aromatic carbocycles. The second kappa shape index (κ2) is 7.74. The van der Waals surface area contributed by atoms with Crippen molar-refractivity contribution in [1.82, 2.24) is 9.55 Å². The Morgan fingerprint density at radius 1 is 1.35 bits per heavy atom. The second-order valence-electron chi connectivity index (χ2n) is 6.55. The summed E-state index contributed by atoms with van der Waals surface area (Å²) in [6.07, 6.45) is 5.12. The van der Waals surface area contributed by atoms with Crippen molar-refractivity contribution >= 4 is 36.4 Å². The van der Waals surface area contributed by atoms with Gasteiger partial charge in [0.15, 0.2) is 0 Å². The first-order valence-electron chi connectivity index (χ1n) is 9.02. The molecule has 7 heteroatoms. The van der Waals surface area contributed by atoms with Gasteiger partial charge in [0.1, 0.15) is 18.7 Å². The number of benzene rings is 1. The van der Waals surface area contributed by atoms with Crippen LogP contribution in [0.4, 0.5) is 11.5 Å². The summed E-state index contributed by atoms with van der Waals surface area (Å²) >= 11 is 6.27. The lowest BCUT2D eigenvalue weighted by Gasteiger charge is -2.32. The van der Waals surface area contributed by atoms with Crippen molar-refractivity contribution in [2.45, 2.75) is 45.6 Å². The normalized spacial score (nSPS) is 13.8. The summed E-state index contributed by atoms with van der Waals surface area (Å²) in [6, 6.07) is 3.85. The Morgan fingerprint density at radius 2 is 2.08 bits per heavy atom. The zero-order valence-electron chi connectivity index (χ0n) is 15.5. The molecule has 1 aliphatic heterocycles. The standard InChI is InChI=1S/C19H23BClN3O2/c1-4-13(5-2)24-11-16(21)22-18(19(24)25)23-8-6-7-12-9-14(26-3)10-15(20)17(12)23/h9-11,13H,4-8H2,1-3H3. The average molecular weight is 372 g/mol. The van der Waals surface area contributed by atoms with Gasteiger partial charge in [0.25, 0.3) is 5.56 Å². The molecule has 3 rings (SSSR count). The average Bonchev–Trinajstić information content (AvgIpc) is 2.64. The molecule has 0 bridgehead atoms. The molecule has 2 heterocycles. The van der Waals surface area contributed by atoms with Gasteiger partial charge in [-0.15, -0.1) is 0 Å². The van der Waals surface area contributed by atoms with Crippen LogP contribution < -0.4 is 20.7 Å². The minimum absolute atomic E-state index is 0.0965. The van der Waals surface area contributed by atoms with Gasteiger partial charge in [0, 0.05) is 24.5 Å². The van der Waals surface area contributed by atoms with E-state index in [0.29, 0.717) is 23.0 Å². The highest BCUT2D eigenvalue weighted by molar-refractivity contribution is 6.36. The first-order chi connectivity index (χ1) is 12.5. The smallest absolute Gasteiger partial charge is 0.294 e. The lowest BCUT2D eigenvalue weighted by Crippen LogP contribution is -2.37. The SMILES string of the molecule is [B]c1cc(OC)cc2c1N(c1nc(Cl)cn(C(CC)CC)c1=O)CCC2. The van der Waals surface area contributed by atoms with Gasteiger partial charge in [-0.05, 0) is 43.4 Å². The van der Waals surface area contributed by atoms with Gasteiger partial charge in [-0.25, -0.2) is 4.98 Å². The maximum absolute atomic E-state index is 13.2. The Balaban J connectivity index is 2.16. The Hall–Kier alpha value is -1.95. The van der Waals surface area contributed by atoms with Crippen molar-refractivity contribution in [2.24, 2.45) is 0 Å². The van der Waals surface area contributed by atoms with Crippen LogP contribution in [0.15, 0.2) is 23.1 Å². The highest BCUT2D eigenvalue weighted by Crippen LogP contribution is 2.32. The van der Waals surface area contributed by atoms with Crippen molar-refractivity contribution < 1.29 is 4.74 Å². The van der Waals surface area contributed by atoms with Crippen molar-refractivity contribution in [1.29, 1.82) is 0 Å². The van der Waals surface area contributed by atoms with E-state index in [1.807, 2.05) is 11.0 Å². The van der Waals surface area contributed by atoms with E-state index in [1.54, 1.807) is 23.9 Å². The van der Waals surface area contributed by atoms with Crippen LogP contribution >= 0.6 is 11.6 Å². The van der Waals surface area contributed by atoms with Crippen LogP contribution in [-0.4, -0.2) is 31.1 Å². The number of nitrogens with zero attached hydrogens (tertiary/aromatic N) is 3. The summed E-state index contributed by atoms with van der Waals surface area (Å²) in [7, 11) is 7.91. The van der Waals surface area contributed by atoms with E-state index >= 15 is 0 Å². The predicted molar refractivity (Wildman–Crippen MR) is 107 cm³/mol. The summed E-state index contributed by atoms with van der Waals surface area (Å²) < 4.78 is 7.03. The predicted octanol–water partition coefficient (Wildman–Crippen LogP) is 3.14. The maximum Gasteiger partial charge on any atom is 0.294 e. The van der Waals surface area contributed by atoms with E-state index in [-0.39, 0.29) is 11.6 Å². The van der Waals surface area contributed by atoms with Crippen LogP contribution in [0, 0.1) is 0 Å². The van der Waals surface area contributed by atoms with Gasteiger partial charge < -0.3 is 14.2 Å². The first kappa shape index (κ1) is 18.8. The van der Waals surface area contributed by atoms with E-state index in [1.165, 1.54) is 0 Å². The minimum Gasteiger partial charge on any atom is -0.497 e. The molecular formula is C19H23BClN3O2. The van der Waals surface area contributed by atoms with Gasteiger partial charge in [-0.3, -0.25) is 4.79 Å². The number of halogens is 1. The Labute approximate surface area is 160 Å². The van der Waals surface area contributed by atoms with Gasteiger partial charge in [-0.1, -0.05) is 30.9 Å². The monoisotopic (exact) mass is 371 g/mol. The van der Waals surface area contributed by atoms with Gasteiger partial charge in [0.2, 0.25) is 5.82 Å². The minimum atomic E-state index is -0.133. The van der Waals surface area contributed by atoms with Crippen LogP contribution in [0.3, 0.4) is 0 Å². The Morgan fingerprint density at radius 3 is 2.73 bits per heavy atom. The Bertz CT molecular complexity index is 865. The van der Waals surface area contributed by atoms with Crippen molar-refractivity contribution in [3.8, 4) is 5.75 Å². The number of methoxy groups -OCH3 is 1. The fourth-order valence-electron chi connectivity index (χ4n) is 3.67. The highest BCUT2D eigenvalue weighted by atomic mass is 35.5. The molecule has 0 saturated heterocycles. The number of fused-ring (bicyclic) bond motifs is 1. The van der Waals surface area contributed by atoms with Crippen LogP contribution in [0.25, 0.3) is 0 Å². The third kappa shape index (κ3) is 3.35. The third-order valence-corrected chi connectivity index (χ3v) is 5.18. The summed E-state index contributed by atoms with van der Waals surface area (Å²) in [5, 5.41) is 0.311. The molecule has 0 amide bonds. The molecule has 0 N–H and O–H groups in total. The molecule has 0 fully saturated rings. The fourth-order valence-corrected chi connectivity index (χ4v) is 3.86. The molecule has 136 valence electrons. The van der Waals surface area contributed by atoms with E-state index < -0.39 is 0 Å². The van der Waals surface area contributed by atoms with Crippen molar-refractivity contribution in [3.63, 3.8) is 0 Å². The topological polar surface area (TPSA) is 47.4 Å². The highest BCUT2D eigenvalue weighted by Gasteiger charge is 2.26. The molecule has 1 aromatic heterocycles. The molecule has 0 aliphatic carbocycles. The lowest BCUT2D eigenvalue weighted by molar-refractivity contribution is 0.414. The van der Waals surface area contributed by atoms with Crippen LogP contribution in [0.5, 0.6) is 5.75 Å². The fraction of sp³-hybridized carbons (Fsp3) is 0.474. The molecule has 26 heavy (non-hydrogen) atoms. The number of aryl methyl sites for hydroxylation is 1. The molecule has 0 unspecified atom stereocenters. The number of rotatable bonds is 5. The zero-order chi connectivity index (χ0) is 18.8. The van der Waals surface area contributed by atoms with Crippen LogP contribution in [-0.2, 0) is 6.42 Å². The summed E-state index contributed by atoms with van der Waals surface area (Å²) in [5.41, 5.74) is 2.34.